The largest absolute Gasteiger partial charge is 0.478 e. The molecule has 82 valence electrons. The molecule has 2 N–H and O–H groups in total. The number of aliphatic carboxylic acids is 1. The summed E-state index contributed by atoms with van der Waals surface area (Å²) in [5.74, 6) is -1.09. The summed E-state index contributed by atoms with van der Waals surface area (Å²) in [6.45, 7) is 1.74. The van der Waals surface area contributed by atoms with E-state index in [-0.39, 0.29) is 23.9 Å². The molecule has 2 aliphatic heterocycles. The topological polar surface area (TPSA) is 69.6 Å². The van der Waals surface area contributed by atoms with E-state index in [2.05, 4.69) is 5.32 Å². The molecule has 0 aromatic carbocycles. The average Bonchev–Trinajstić information content (AvgIpc) is 2.62. The van der Waals surface area contributed by atoms with Crippen molar-refractivity contribution in [2.75, 3.05) is 13.1 Å². The van der Waals surface area contributed by atoms with Crippen LogP contribution in [0.2, 0.25) is 0 Å². The first kappa shape index (κ1) is 10.2. The van der Waals surface area contributed by atoms with Gasteiger partial charge in [-0.15, -0.1) is 0 Å². The van der Waals surface area contributed by atoms with E-state index in [1.165, 1.54) is 6.20 Å². The third-order valence-electron chi connectivity index (χ3n) is 2.86. The predicted molar refractivity (Wildman–Crippen MR) is 53.1 cm³/mol. The van der Waals surface area contributed by atoms with Crippen LogP contribution in [0.1, 0.15) is 19.3 Å². The van der Waals surface area contributed by atoms with Gasteiger partial charge in [-0.25, -0.2) is 4.79 Å². The quantitative estimate of drug-likeness (QED) is 0.670. The fourth-order valence-corrected chi connectivity index (χ4v) is 2.05. The van der Waals surface area contributed by atoms with Crippen LogP contribution in [0, 0.1) is 0 Å². The molecule has 0 radical (unpaired) electrons. The summed E-state index contributed by atoms with van der Waals surface area (Å²) in [6.07, 6.45) is 3.50. The SMILES string of the molecule is O=C(O)C1=CN(C2CCCNC2)C(=O)C1. The van der Waals surface area contributed by atoms with Gasteiger partial charge < -0.3 is 15.3 Å². The molecular formula is C10H14N2O3. The van der Waals surface area contributed by atoms with Crippen LogP contribution in [0.3, 0.4) is 0 Å². The van der Waals surface area contributed by atoms with Crippen LogP contribution >= 0.6 is 0 Å². The van der Waals surface area contributed by atoms with Crippen molar-refractivity contribution in [1.29, 1.82) is 0 Å². The van der Waals surface area contributed by atoms with Crippen LogP contribution in [0.4, 0.5) is 0 Å². The van der Waals surface area contributed by atoms with E-state index in [1.807, 2.05) is 0 Å². The molecule has 2 heterocycles. The average molecular weight is 210 g/mol. The molecule has 0 aromatic heterocycles. The van der Waals surface area contributed by atoms with Crippen LogP contribution < -0.4 is 5.32 Å². The van der Waals surface area contributed by atoms with E-state index in [0.717, 1.165) is 25.9 Å². The van der Waals surface area contributed by atoms with Crippen LogP contribution in [0.25, 0.3) is 0 Å². The van der Waals surface area contributed by atoms with Crippen molar-refractivity contribution in [3.05, 3.63) is 11.8 Å². The highest BCUT2D eigenvalue weighted by molar-refractivity contribution is 5.97. The molecule has 0 bridgehead atoms. The highest BCUT2D eigenvalue weighted by Gasteiger charge is 2.31. The number of amides is 1. The normalized spacial score (nSPS) is 26.7. The lowest BCUT2D eigenvalue weighted by Gasteiger charge is -2.29. The molecule has 0 aliphatic carbocycles. The zero-order valence-corrected chi connectivity index (χ0v) is 8.40. The van der Waals surface area contributed by atoms with Crippen molar-refractivity contribution < 1.29 is 14.7 Å². The molecule has 1 atom stereocenters. The summed E-state index contributed by atoms with van der Waals surface area (Å²) in [4.78, 5) is 23.9. The first-order chi connectivity index (χ1) is 7.18. The number of hydrogen-bond donors (Lipinski definition) is 2. The Balaban J connectivity index is 2.08. The van der Waals surface area contributed by atoms with Gasteiger partial charge in [-0.1, -0.05) is 0 Å². The second-order valence-corrected chi connectivity index (χ2v) is 3.94. The number of carbonyl (C=O) groups is 2. The van der Waals surface area contributed by atoms with E-state index >= 15 is 0 Å². The van der Waals surface area contributed by atoms with Crippen LogP contribution in [0.15, 0.2) is 11.8 Å². The monoisotopic (exact) mass is 210 g/mol. The first-order valence-electron chi connectivity index (χ1n) is 5.14. The maximum Gasteiger partial charge on any atom is 0.333 e. The van der Waals surface area contributed by atoms with Crippen molar-refractivity contribution >= 4 is 11.9 Å². The van der Waals surface area contributed by atoms with Gasteiger partial charge in [0.15, 0.2) is 0 Å². The number of piperidine rings is 1. The molecule has 1 amide bonds. The second-order valence-electron chi connectivity index (χ2n) is 3.94. The number of carbonyl (C=O) groups excluding carboxylic acids is 1. The Kier molecular flexibility index (Phi) is 2.73. The van der Waals surface area contributed by atoms with Gasteiger partial charge in [0, 0.05) is 18.8 Å². The van der Waals surface area contributed by atoms with Crippen molar-refractivity contribution in [2.45, 2.75) is 25.3 Å². The van der Waals surface area contributed by atoms with Gasteiger partial charge in [-0.2, -0.15) is 0 Å². The van der Waals surface area contributed by atoms with Crippen LogP contribution in [-0.4, -0.2) is 41.0 Å². The number of nitrogens with zero attached hydrogens (tertiary/aromatic N) is 1. The highest BCUT2D eigenvalue weighted by Crippen LogP contribution is 2.21. The van der Waals surface area contributed by atoms with E-state index in [1.54, 1.807) is 4.90 Å². The lowest BCUT2D eigenvalue weighted by molar-refractivity contribution is -0.134. The summed E-state index contributed by atoms with van der Waals surface area (Å²) in [6, 6.07) is 0.128. The maximum absolute atomic E-state index is 11.6. The summed E-state index contributed by atoms with van der Waals surface area (Å²) >= 11 is 0. The smallest absolute Gasteiger partial charge is 0.333 e. The zero-order valence-electron chi connectivity index (χ0n) is 8.40. The highest BCUT2D eigenvalue weighted by atomic mass is 16.4. The molecule has 1 unspecified atom stereocenters. The minimum atomic E-state index is -0.991. The fraction of sp³-hybridized carbons (Fsp3) is 0.600. The molecule has 5 heteroatoms. The van der Waals surface area contributed by atoms with Gasteiger partial charge >= 0.3 is 5.97 Å². The third kappa shape index (κ3) is 2.02. The molecule has 2 rings (SSSR count). The van der Waals surface area contributed by atoms with Gasteiger partial charge in [-0.05, 0) is 19.4 Å². The Morgan fingerprint density at radius 3 is 2.93 bits per heavy atom. The summed E-state index contributed by atoms with van der Waals surface area (Å²) in [5, 5.41) is 12.0. The molecule has 1 saturated heterocycles. The summed E-state index contributed by atoms with van der Waals surface area (Å²) in [5.41, 5.74) is 0.200. The fourth-order valence-electron chi connectivity index (χ4n) is 2.05. The molecule has 15 heavy (non-hydrogen) atoms. The second kappa shape index (κ2) is 4.02. The Hall–Kier alpha value is -1.36. The Bertz CT molecular complexity index is 319. The standard InChI is InChI=1S/C10H14N2O3/c13-9-4-7(10(14)15)6-12(9)8-2-1-3-11-5-8/h6,8,11H,1-5H2,(H,14,15). The van der Waals surface area contributed by atoms with E-state index in [9.17, 15) is 9.59 Å². The van der Waals surface area contributed by atoms with Gasteiger partial charge in [0.25, 0.3) is 0 Å². The lowest BCUT2D eigenvalue weighted by Crippen LogP contribution is -2.44. The minimum absolute atomic E-state index is 0.0336. The van der Waals surface area contributed by atoms with Gasteiger partial charge in [0.05, 0.1) is 12.0 Å². The number of carboxylic acid groups (broad SMARTS) is 1. The molecule has 5 nitrogen and oxygen atoms in total. The molecule has 1 fully saturated rings. The van der Waals surface area contributed by atoms with Crippen molar-refractivity contribution in [1.82, 2.24) is 10.2 Å². The number of carboxylic acids is 1. The van der Waals surface area contributed by atoms with Gasteiger partial charge in [-0.3, -0.25) is 4.79 Å². The van der Waals surface area contributed by atoms with Crippen molar-refractivity contribution in [3.63, 3.8) is 0 Å². The Labute approximate surface area is 87.7 Å². The van der Waals surface area contributed by atoms with Crippen molar-refractivity contribution in [3.8, 4) is 0 Å². The molecule has 0 spiro atoms. The molecule has 0 aromatic rings. The summed E-state index contributed by atoms with van der Waals surface area (Å²) < 4.78 is 0. The third-order valence-corrected chi connectivity index (χ3v) is 2.86. The minimum Gasteiger partial charge on any atom is -0.478 e. The first-order valence-corrected chi connectivity index (χ1v) is 5.14. The van der Waals surface area contributed by atoms with Gasteiger partial charge in [0.2, 0.25) is 5.91 Å². The van der Waals surface area contributed by atoms with Gasteiger partial charge in [0.1, 0.15) is 0 Å². The van der Waals surface area contributed by atoms with Crippen molar-refractivity contribution in [2.24, 2.45) is 0 Å². The number of rotatable bonds is 2. The maximum atomic E-state index is 11.6. The molecular weight excluding hydrogens is 196 g/mol. The Morgan fingerprint density at radius 1 is 1.60 bits per heavy atom. The van der Waals surface area contributed by atoms with E-state index in [0.29, 0.717) is 0 Å². The van der Waals surface area contributed by atoms with E-state index < -0.39 is 5.97 Å². The molecule has 2 aliphatic rings. The number of hydrogen-bond acceptors (Lipinski definition) is 3. The zero-order chi connectivity index (χ0) is 10.8. The number of nitrogens with one attached hydrogen (secondary N) is 1. The van der Waals surface area contributed by atoms with E-state index in [4.69, 9.17) is 5.11 Å². The van der Waals surface area contributed by atoms with Crippen LogP contribution in [0.5, 0.6) is 0 Å². The molecule has 0 saturated carbocycles. The Morgan fingerprint density at radius 2 is 2.40 bits per heavy atom. The lowest BCUT2D eigenvalue weighted by atomic mass is 10.1. The van der Waals surface area contributed by atoms with Crippen LogP contribution in [-0.2, 0) is 9.59 Å². The predicted octanol–water partition coefficient (Wildman–Crippen LogP) is -0.0608. The summed E-state index contributed by atoms with van der Waals surface area (Å²) in [7, 11) is 0.